The van der Waals surface area contributed by atoms with Gasteiger partial charge in [0.25, 0.3) is 0 Å². The Morgan fingerprint density at radius 1 is 1.33 bits per heavy atom. The lowest BCUT2D eigenvalue weighted by molar-refractivity contribution is -0.121. The normalized spacial score (nSPS) is 12.4. The largest absolute Gasteiger partial charge is 0.348 e. The Morgan fingerprint density at radius 2 is 2.11 bits per heavy atom. The summed E-state index contributed by atoms with van der Waals surface area (Å²) < 4.78 is 0. The van der Waals surface area contributed by atoms with Gasteiger partial charge in [-0.15, -0.1) is 0 Å². The molecule has 4 heteroatoms. The van der Waals surface area contributed by atoms with Gasteiger partial charge < -0.3 is 10.6 Å². The molecule has 0 fully saturated rings. The van der Waals surface area contributed by atoms with Crippen LogP contribution in [0.2, 0.25) is 0 Å². The third kappa shape index (κ3) is 5.77. The van der Waals surface area contributed by atoms with Crippen LogP contribution in [-0.2, 0) is 4.79 Å². The SMILES string of the molecule is CC(C)NCCCC(=O)N[C@@H](C)c1ccccn1. The minimum Gasteiger partial charge on any atom is -0.348 e. The van der Waals surface area contributed by atoms with Crippen LogP contribution in [0.25, 0.3) is 0 Å². The Bertz CT molecular complexity index is 351. The average Bonchev–Trinajstić information content (AvgIpc) is 2.35. The molecule has 1 aromatic rings. The van der Waals surface area contributed by atoms with E-state index >= 15 is 0 Å². The Labute approximate surface area is 109 Å². The van der Waals surface area contributed by atoms with Crippen molar-refractivity contribution < 1.29 is 4.79 Å². The van der Waals surface area contributed by atoms with Crippen LogP contribution >= 0.6 is 0 Å². The van der Waals surface area contributed by atoms with Crippen LogP contribution in [0.4, 0.5) is 0 Å². The third-order valence-electron chi connectivity index (χ3n) is 2.64. The van der Waals surface area contributed by atoms with Gasteiger partial charge in [0.05, 0.1) is 11.7 Å². The van der Waals surface area contributed by atoms with Crippen molar-refractivity contribution in [3.8, 4) is 0 Å². The number of hydrogen-bond acceptors (Lipinski definition) is 3. The first-order valence-corrected chi connectivity index (χ1v) is 6.53. The highest BCUT2D eigenvalue weighted by atomic mass is 16.1. The molecule has 100 valence electrons. The molecule has 0 saturated heterocycles. The van der Waals surface area contributed by atoms with Gasteiger partial charge in [-0.2, -0.15) is 0 Å². The van der Waals surface area contributed by atoms with E-state index in [2.05, 4.69) is 29.5 Å². The summed E-state index contributed by atoms with van der Waals surface area (Å²) in [6, 6.07) is 6.16. The van der Waals surface area contributed by atoms with Crippen molar-refractivity contribution in [1.29, 1.82) is 0 Å². The minimum atomic E-state index is -0.0308. The highest BCUT2D eigenvalue weighted by Gasteiger charge is 2.09. The van der Waals surface area contributed by atoms with E-state index < -0.39 is 0 Å². The molecule has 1 atom stereocenters. The fourth-order valence-corrected chi connectivity index (χ4v) is 1.66. The van der Waals surface area contributed by atoms with Crippen LogP contribution in [0.1, 0.15) is 45.3 Å². The lowest BCUT2D eigenvalue weighted by Crippen LogP contribution is -2.29. The van der Waals surface area contributed by atoms with Crippen molar-refractivity contribution in [2.75, 3.05) is 6.54 Å². The summed E-state index contributed by atoms with van der Waals surface area (Å²) in [5.74, 6) is 0.0821. The second-order valence-electron chi connectivity index (χ2n) is 4.76. The van der Waals surface area contributed by atoms with Gasteiger partial charge in [0.2, 0.25) is 5.91 Å². The Hall–Kier alpha value is -1.42. The van der Waals surface area contributed by atoms with Gasteiger partial charge in [0.1, 0.15) is 0 Å². The summed E-state index contributed by atoms with van der Waals surface area (Å²) in [4.78, 5) is 15.9. The predicted octanol–water partition coefficient (Wildman–Crippen LogP) is 2.04. The van der Waals surface area contributed by atoms with E-state index in [9.17, 15) is 4.79 Å². The van der Waals surface area contributed by atoms with E-state index in [-0.39, 0.29) is 11.9 Å². The maximum atomic E-state index is 11.7. The van der Waals surface area contributed by atoms with Crippen LogP contribution < -0.4 is 10.6 Å². The highest BCUT2D eigenvalue weighted by Crippen LogP contribution is 2.08. The predicted molar refractivity (Wildman–Crippen MR) is 73.2 cm³/mol. The number of carbonyl (C=O) groups excluding carboxylic acids is 1. The molecule has 0 radical (unpaired) electrons. The number of rotatable bonds is 7. The first-order valence-electron chi connectivity index (χ1n) is 6.53. The van der Waals surface area contributed by atoms with Gasteiger partial charge in [-0.3, -0.25) is 9.78 Å². The smallest absolute Gasteiger partial charge is 0.220 e. The average molecular weight is 249 g/mol. The molecule has 0 aliphatic rings. The van der Waals surface area contributed by atoms with Crippen LogP contribution in [0.5, 0.6) is 0 Å². The maximum absolute atomic E-state index is 11.7. The first kappa shape index (κ1) is 14.6. The number of nitrogens with zero attached hydrogens (tertiary/aromatic N) is 1. The molecule has 1 aromatic heterocycles. The van der Waals surface area contributed by atoms with E-state index in [1.54, 1.807) is 6.20 Å². The van der Waals surface area contributed by atoms with Gasteiger partial charge in [-0.05, 0) is 32.0 Å². The molecule has 0 aliphatic heterocycles. The van der Waals surface area contributed by atoms with Gasteiger partial charge in [0, 0.05) is 18.7 Å². The lowest BCUT2D eigenvalue weighted by Gasteiger charge is -2.13. The molecule has 18 heavy (non-hydrogen) atoms. The molecule has 1 rings (SSSR count). The zero-order chi connectivity index (χ0) is 13.4. The second-order valence-corrected chi connectivity index (χ2v) is 4.76. The van der Waals surface area contributed by atoms with Crippen molar-refractivity contribution in [3.05, 3.63) is 30.1 Å². The molecule has 0 unspecified atom stereocenters. The quantitative estimate of drug-likeness (QED) is 0.727. The Kier molecular flexibility index (Phi) is 6.36. The standard InChI is InChI=1S/C14H23N3O/c1-11(2)15-10-6-8-14(18)17-12(3)13-7-4-5-9-16-13/h4-5,7,9,11-12,15H,6,8,10H2,1-3H3,(H,17,18)/t12-/m0/s1. The zero-order valence-corrected chi connectivity index (χ0v) is 11.4. The molecule has 4 nitrogen and oxygen atoms in total. The molecule has 1 heterocycles. The summed E-state index contributed by atoms with van der Waals surface area (Å²) in [5.41, 5.74) is 0.895. The monoisotopic (exact) mass is 249 g/mol. The molecule has 0 bridgehead atoms. The van der Waals surface area contributed by atoms with Crippen LogP contribution in [-0.4, -0.2) is 23.5 Å². The van der Waals surface area contributed by atoms with E-state index in [0.717, 1.165) is 18.7 Å². The van der Waals surface area contributed by atoms with E-state index in [0.29, 0.717) is 12.5 Å². The van der Waals surface area contributed by atoms with Crippen LogP contribution in [0.3, 0.4) is 0 Å². The number of hydrogen-bond donors (Lipinski definition) is 2. The lowest BCUT2D eigenvalue weighted by atomic mass is 10.2. The van der Waals surface area contributed by atoms with Gasteiger partial charge in [-0.1, -0.05) is 19.9 Å². The molecular weight excluding hydrogens is 226 g/mol. The van der Waals surface area contributed by atoms with E-state index in [1.165, 1.54) is 0 Å². The zero-order valence-electron chi connectivity index (χ0n) is 11.4. The fourth-order valence-electron chi connectivity index (χ4n) is 1.66. The molecule has 0 aromatic carbocycles. The molecule has 0 spiro atoms. The van der Waals surface area contributed by atoms with Gasteiger partial charge >= 0.3 is 0 Å². The molecule has 0 saturated carbocycles. The topological polar surface area (TPSA) is 54.0 Å². The molecule has 1 amide bonds. The fraction of sp³-hybridized carbons (Fsp3) is 0.571. The number of pyridine rings is 1. The third-order valence-corrected chi connectivity index (χ3v) is 2.64. The van der Waals surface area contributed by atoms with Crippen LogP contribution in [0.15, 0.2) is 24.4 Å². The van der Waals surface area contributed by atoms with Crippen molar-refractivity contribution in [3.63, 3.8) is 0 Å². The second kappa shape index (κ2) is 7.82. The number of aromatic nitrogens is 1. The van der Waals surface area contributed by atoms with Crippen molar-refractivity contribution in [1.82, 2.24) is 15.6 Å². The number of carbonyl (C=O) groups is 1. The van der Waals surface area contributed by atoms with Crippen molar-refractivity contribution in [2.24, 2.45) is 0 Å². The number of amides is 1. The summed E-state index contributed by atoms with van der Waals surface area (Å²) >= 11 is 0. The Morgan fingerprint density at radius 3 is 2.72 bits per heavy atom. The summed E-state index contributed by atoms with van der Waals surface area (Å²) in [6.07, 6.45) is 3.15. The summed E-state index contributed by atoms with van der Waals surface area (Å²) in [7, 11) is 0. The molecule has 0 aliphatic carbocycles. The van der Waals surface area contributed by atoms with E-state index in [1.807, 2.05) is 25.1 Å². The molecule has 2 N–H and O–H groups in total. The van der Waals surface area contributed by atoms with Crippen molar-refractivity contribution >= 4 is 5.91 Å². The minimum absolute atomic E-state index is 0.0308. The Balaban J connectivity index is 2.24. The van der Waals surface area contributed by atoms with Crippen molar-refractivity contribution in [2.45, 2.75) is 45.7 Å². The van der Waals surface area contributed by atoms with Crippen LogP contribution in [0, 0.1) is 0 Å². The summed E-state index contributed by atoms with van der Waals surface area (Å²) in [5, 5.41) is 6.25. The van der Waals surface area contributed by atoms with Gasteiger partial charge in [0.15, 0.2) is 0 Å². The molecular formula is C14H23N3O. The highest BCUT2D eigenvalue weighted by molar-refractivity contribution is 5.76. The van der Waals surface area contributed by atoms with Gasteiger partial charge in [-0.25, -0.2) is 0 Å². The van der Waals surface area contributed by atoms with E-state index in [4.69, 9.17) is 0 Å². The maximum Gasteiger partial charge on any atom is 0.220 e. The summed E-state index contributed by atoms with van der Waals surface area (Å²) in [6.45, 7) is 7.03. The number of nitrogens with one attached hydrogen (secondary N) is 2. The first-order chi connectivity index (χ1) is 8.59.